The molecule has 0 saturated heterocycles. The molecule has 1 aliphatic rings. The summed E-state index contributed by atoms with van der Waals surface area (Å²) in [5.41, 5.74) is 1.31. The van der Waals surface area contributed by atoms with E-state index in [4.69, 9.17) is 0 Å². The van der Waals surface area contributed by atoms with E-state index >= 15 is 0 Å². The van der Waals surface area contributed by atoms with Crippen LogP contribution in [0.15, 0.2) is 61.1 Å². The molecule has 1 atom stereocenters. The zero-order valence-corrected chi connectivity index (χ0v) is 13.8. The molecule has 0 fully saturated rings. The fourth-order valence-electron chi connectivity index (χ4n) is 3.29. The summed E-state index contributed by atoms with van der Waals surface area (Å²) in [6.45, 7) is 1.01. The third kappa shape index (κ3) is 2.81. The first-order valence-corrected chi connectivity index (χ1v) is 8.22. The Bertz CT molecular complexity index is 921. The van der Waals surface area contributed by atoms with E-state index in [-0.39, 0.29) is 6.04 Å². The average Bonchev–Trinajstić information content (AvgIpc) is 3.13. The molecule has 1 aliphatic heterocycles. The Hall–Kier alpha value is -3.22. The van der Waals surface area contributed by atoms with Gasteiger partial charge in [-0.3, -0.25) is 4.98 Å². The smallest absolute Gasteiger partial charge is 0.322 e. The van der Waals surface area contributed by atoms with E-state index in [9.17, 15) is 13.6 Å². The van der Waals surface area contributed by atoms with Crippen molar-refractivity contribution in [2.24, 2.45) is 0 Å². The standard InChI is InChI=1S/C19H16F2N4O/c20-14-5-1-6-15(21)17(14)23-19(26)25-11-10-24-9-3-7-16(24)18(25)13-4-2-8-22-12-13/h1-9,12,18H,10-11H2,(H,23,26)/t18-/m0/s1. The molecule has 0 radical (unpaired) electrons. The Labute approximate surface area is 148 Å². The van der Waals surface area contributed by atoms with Gasteiger partial charge in [-0.05, 0) is 35.9 Å². The van der Waals surface area contributed by atoms with E-state index in [0.717, 1.165) is 23.4 Å². The summed E-state index contributed by atoms with van der Waals surface area (Å²) < 4.78 is 29.9. The summed E-state index contributed by atoms with van der Waals surface area (Å²) in [4.78, 5) is 18.5. The molecule has 132 valence electrons. The van der Waals surface area contributed by atoms with Crippen LogP contribution in [0.4, 0.5) is 19.3 Å². The van der Waals surface area contributed by atoms with E-state index in [1.54, 1.807) is 23.4 Å². The molecule has 0 aliphatic carbocycles. The highest BCUT2D eigenvalue weighted by Gasteiger charge is 2.33. The minimum Gasteiger partial charge on any atom is -0.348 e. The number of halogens is 2. The normalized spacial score (nSPS) is 16.2. The predicted octanol–water partition coefficient (Wildman–Crippen LogP) is 3.80. The molecule has 0 unspecified atom stereocenters. The lowest BCUT2D eigenvalue weighted by Gasteiger charge is -2.37. The van der Waals surface area contributed by atoms with Crippen molar-refractivity contribution in [3.63, 3.8) is 0 Å². The maximum atomic E-state index is 13.9. The van der Waals surface area contributed by atoms with Crippen LogP contribution < -0.4 is 5.32 Å². The molecule has 2 amide bonds. The lowest BCUT2D eigenvalue weighted by molar-refractivity contribution is 0.181. The van der Waals surface area contributed by atoms with Gasteiger partial charge in [-0.25, -0.2) is 13.6 Å². The van der Waals surface area contributed by atoms with Gasteiger partial charge in [0, 0.05) is 37.4 Å². The van der Waals surface area contributed by atoms with Gasteiger partial charge in [0.25, 0.3) is 0 Å². The summed E-state index contributed by atoms with van der Waals surface area (Å²) >= 11 is 0. The van der Waals surface area contributed by atoms with Crippen LogP contribution >= 0.6 is 0 Å². The Balaban J connectivity index is 1.69. The lowest BCUT2D eigenvalue weighted by Crippen LogP contribution is -2.44. The second-order valence-electron chi connectivity index (χ2n) is 6.04. The molecule has 0 saturated carbocycles. The molecule has 0 spiro atoms. The fourth-order valence-corrected chi connectivity index (χ4v) is 3.29. The second-order valence-corrected chi connectivity index (χ2v) is 6.04. The summed E-state index contributed by atoms with van der Waals surface area (Å²) in [6.07, 6.45) is 5.30. The molecule has 7 heteroatoms. The first-order valence-electron chi connectivity index (χ1n) is 8.22. The monoisotopic (exact) mass is 354 g/mol. The summed E-state index contributed by atoms with van der Waals surface area (Å²) in [5, 5.41) is 2.38. The summed E-state index contributed by atoms with van der Waals surface area (Å²) in [6, 6.07) is 10.0. The Morgan fingerprint density at radius 2 is 1.88 bits per heavy atom. The molecule has 0 bridgehead atoms. The van der Waals surface area contributed by atoms with Gasteiger partial charge in [-0.15, -0.1) is 0 Å². The highest BCUT2D eigenvalue weighted by atomic mass is 19.1. The van der Waals surface area contributed by atoms with Gasteiger partial charge in [-0.1, -0.05) is 12.1 Å². The number of fused-ring (bicyclic) bond motifs is 1. The minimum atomic E-state index is -0.809. The van der Waals surface area contributed by atoms with Gasteiger partial charge in [0.15, 0.2) is 0 Å². The van der Waals surface area contributed by atoms with E-state index in [1.165, 1.54) is 6.07 Å². The van der Waals surface area contributed by atoms with Crippen LogP contribution in [0.1, 0.15) is 17.3 Å². The van der Waals surface area contributed by atoms with Crippen LogP contribution in [-0.2, 0) is 6.54 Å². The summed E-state index contributed by atoms with van der Waals surface area (Å²) in [5.74, 6) is -1.62. The Kier molecular flexibility index (Phi) is 4.12. The van der Waals surface area contributed by atoms with Crippen molar-refractivity contribution in [1.82, 2.24) is 14.5 Å². The SMILES string of the molecule is O=C(Nc1c(F)cccc1F)N1CCn2cccc2[C@@H]1c1cccnc1. The number of amides is 2. The number of pyridine rings is 1. The molecule has 5 nitrogen and oxygen atoms in total. The van der Waals surface area contributed by atoms with Gasteiger partial charge < -0.3 is 14.8 Å². The number of benzene rings is 1. The number of hydrogen-bond donors (Lipinski definition) is 1. The van der Waals surface area contributed by atoms with E-state index in [0.29, 0.717) is 13.1 Å². The quantitative estimate of drug-likeness (QED) is 0.761. The van der Waals surface area contributed by atoms with Crippen LogP contribution in [-0.4, -0.2) is 27.0 Å². The largest absolute Gasteiger partial charge is 0.348 e. The predicted molar refractivity (Wildman–Crippen MR) is 92.6 cm³/mol. The minimum absolute atomic E-state index is 0.387. The number of carbonyl (C=O) groups is 1. The van der Waals surface area contributed by atoms with Crippen LogP contribution in [0, 0.1) is 11.6 Å². The highest BCUT2D eigenvalue weighted by molar-refractivity contribution is 5.90. The fraction of sp³-hybridized carbons (Fsp3) is 0.158. The molecule has 3 heterocycles. The number of nitrogens with one attached hydrogen (secondary N) is 1. The average molecular weight is 354 g/mol. The van der Waals surface area contributed by atoms with Crippen molar-refractivity contribution in [2.45, 2.75) is 12.6 Å². The van der Waals surface area contributed by atoms with Gasteiger partial charge in [-0.2, -0.15) is 0 Å². The van der Waals surface area contributed by atoms with Crippen molar-refractivity contribution < 1.29 is 13.6 Å². The molecule has 26 heavy (non-hydrogen) atoms. The van der Waals surface area contributed by atoms with Crippen molar-refractivity contribution in [1.29, 1.82) is 0 Å². The Morgan fingerprint density at radius 1 is 1.08 bits per heavy atom. The molecule has 1 aromatic carbocycles. The van der Waals surface area contributed by atoms with Crippen molar-refractivity contribution in [3.05, 3.63) is 83.9 Å². The van der Waals surface area contributed by atoms with Gasteiger partial charge in [0.2, 0.25) is 0 Å². The zero-order chi connectivity index (χ0) is 18.1. The maximum absolute atomic E-state index is 13.9. The lowest BCUT2D eigenvalue weighted by atomic mass is 10.0. The number of urea groups is 1. The number of para-hydroxylation sites is 1. The van der Waals surface area contributed by atoms with E-state index < -0.39 is 23.4 Å². The van der Waals surface area contributed by atoms with E-state index in [2.05, 4.69) is 14.9 Å². The summed E-state index contributed by atoms with van der Waals surface area (Å²) in [7, 11) is 0. The van der Waals surface area contributed by atoms with Crippen LogP contribution in [0.3, 0.4) is 0 Å². The molecule has 1 N–H and O–H groups in total. The third-order valence-electron chi connectivity index (χ3n) is 4.49. The van der Waals surface area contributed by atoms with Crippen LogP contribution in [0.5, 0.6) is 0 Å². The highest BCUT2D eigenvalue weighted by Crippen LogP contribution is 2.32. The number of rotatable bonds is 2. The number of hydrogen-bond acceptors (Lipinski definition) is 2. The topological polar surface area (TPSA) is 50.2 Å². The van der Waals surface area contributed by atoms with Crippen molar-refractivity contribution in [2.75, 3.05) is 11.9 Å². The van der Waals surface area contributed by atoms with Gasteiger partial charge >= 0.3 is 6.03 Å². The van der Waals surface area contributed by atoms with Crippen molar-refractivity contribution >= 4 is 11.7 Å². The molecule has 4 rings (SSSR count). The first-order chi connectivity index (χ1) is 12.6. The molecular weight excluding hydrogens is 338 g/mol. The van der Waals surface area contributed by atoms with Crippen molar-refractivity contribution in [3.8, 4) is 0 Å². The van der Waals surface area contributed by atoms with E-state index in [1.807, 2.05) is 24.4 Å². The Morgan fingerprint density at radius 3 is 2.62 bits per heavy atom. The zero-order valence-electron chi connectivity index (χ0n) is 13.8. The molecule has 2 aromatic heterocycles. The second kappa shape index (κ2) is 6.59. The van der Waals surface area contributed by atoms with Crippen LogP contribution in [0.25, 0.3) is 0 Å². The number of aromatic nitrogens is 2. The first kappa shape index (κ1) is 16.3. The number of anilines is 1. The molecule has 3 aromatic rings. The maximum Gasteiger partial charge on any atom is 0.322 e. The third-order valence-corrected chi connectivity index (χ3v) is 4.49. The van der Waals surface area contributed by atoms with Crippen LogP contribution in [0.2, 0.25) is 0 Å². The van der Waals surface area contributed by atoms with Gasteiger partial charge in [0.05, 0.1) is 0 Å². The van der Waals surface area contributed by atoms with Gasteiger partial charge in [0.1, 0.15) is 23.4 Å². The molecular formula is C19H16F2N4O. The number of carbonyl (C=O) groups excluding carboxylic acids is 1. The number of nitrogens with zero attached hydrogens (tertiary/aromatic N) is 3.